The average Bonchev–Trinajstić information content (AvgIpc) is 2.53. The first-order valence-electron chi connectivity index (χ1n) is 8.70. The van der Waals surface area contributed by atoms with Gasteiger partial charge in [-0.05, 0) is 54.4 Å². The highest BCUT2D eigenvalue weighted by atomic mass is 16.5. The van der Waals surface area contributed by atoms with Gasteiger partial charge in [-0.15, -0.1) is 0 Å². The van der Waals surface area contributed by atoms with Crippen LogP contribution < -0.4 is 9.47 Å². The molecule has 24 heavy (non-hydrogen) atoms. The van der Waals surface area contributed by atoms with Crippen LogP contribution in [0.1, 0.15) is 51.3 Å². The summed E-state index contributed by atoms with van der Waals surface area (Å²) < 4.78 is 10.9. The molecule has 0 aliphatic carbocycles. The fraction of sp³-hybridized carbons (Fsp3) is 0.700. The number of fused-ring (bicyclic) bond motifs is 3. The lowest BCUT2D eigenvalue weighted by Crippen LogP contribution is -2.48. The first kappa shape index (κ1) is 19.1. The van der Waals surface area contributed by atoms with Crippen molar-refractivity contribution in [3.63, 3.8) is 0 Å². The summed E-state index contributed by atoms with van der Waals surface area (Å²) in [6.07, 6.45) is 2.75. The summed E-state index contributed by atoms with van der Waals surface area (Å²) in [7, 11) is 3.36. The Kier molecular flexibility index (Phi) is 6.16. The van der Waals surface area contributed by atoms with Gasteiger partial charge < -0.3 is 14.6 Å². The molecule has 1 aromatic rings. The van der Waals surface area contributed by atoms with Gasteiger partial charge in [0.25, 0.3) is 0 Å². The lowest BCUT2D eigenvalue weighted by molar-refractivity contribution is -0.0191. The van der Waals surface area contributed by atoms with Crippen LogP contribution in [0, 0.1) is 11.8 Å². The third-order valence-electron chi connectivity index (χ3n) is 5.37. The van der Waals surface area contributed by atoms with Crippen LogP contribution in [0.3, 0.4) is 0 Å². The molecule has 1 fully saturated rings. The normalized spacial score (nSPS) is 26.3. The molecule has 4 nitrogen and oxygen atoms in total. The SMILES string of the molecule is C.COc1cc2c(cc1OC)C1CC(O)[C@@H](CC(C)C)CN1CC2. The maximum absolute atomic E-state index is 10.6. The van der Waals surface area contributed by atoms with E-state index >= 15 is 0 Å². The maximum atomic E-state index is 10.6. The Hall–Kier alpha value is -1.26. The summed E-state index contributed by atoms with van der Waals surface area (Å²) in [5.41, 5.74) is 2.63. The zero-order valence-electron chi connectivity index (χ0n) is 14.7. The molecule has 3 rings (SSSR count). The number of hydrogen-bond donors (Lipinski definition) is 1. The molecule has 0 aromatic heterocycles. The topological polar surface area (TPSA) is 41.9 Å². The number of aliphatic hydroxyl groups is 1. The third-order valence-corrected chi connectivity index (χ3v) is 5.37. The van der Waals surface area contributed by atoms with E-state index in [2.05, 4.69) is 30.9 Å². The van der Waals surface area contributed by atoms with E-state index in [4.69, 9.17) is 9.47 Å². The quantitative estimate of drug-likeness (QED) is 0.912. The van der Waals surface area contributed by atoms with Gasteiger partial charge in [0.1, 0.15) is 0 Å². The van der Waals surface area contributed by atoms with E-state index in [1.54, 1.807) is 14.2 Å². The molecule has 2 aliphatic rings. The third kappa shape index (κ3) is 3.55. The minimum absolute atomic E-state index is 0. The first-order chi connectivity index (χ1) is 11.0. The smallest absolute Gasteiger partial charge is 0.161 e. The Bertz CT molecular complexity index is 558. The van der Waals surface area contributed by atoms with Gasteiger partial charge in [0.15, 0.2) is 11.5 Å². The van der Waals surface area contributed by atoms with Crippen molar-refractivity contribution in [3.8, 4) is 11.5 Å². The highest BCUT2D eigenvalue weighted by molar-refractivity contribution is 5.49. The molecule has 0 spiro atoms. The fourth-order valence-electron chi connectivity index (χ4n) is 4.26. The van der Waals surface area contributed by atoms with Crippen molar-refractivity contribution in [2.45, 2.75) is 52.7 Å². The van der Waals surface area contributed by atoms with Gasteiger partial charge in [0, 0.05) is 19.1 Å². The monoisotopic (exact) mass is 335 g/mol. The summed E-state index contributed by atoms with van der Waals surface area (Å²) in [4.78, 5) is 2.55. The molecular formula is C20H33NO3. The average molecular weight is 335 g/mol. The zero-order valence-corrected chi connectivity index (χ0v) is 14.7. The Balaban J connectivity index is 0.00000208. The second-order valence-electron chi connectivity index (χ2n) is 7.36. The van der Waals surface area contributed by atoms with E-state index in [0.717, 1.165) is 43.9 Å². The molecule has 1 aromatic carbocycles. The van der Waals surface area contributed by atoms with Crippen LogP contribution >= 0.6 is 0 Å². The van der Waals surface area contributed by atoms with Gasteiger partial charge in [-0.2, -0.15) is 0 Å². The molecular weight excluding hydrogens is 302 g/mol. The Morgan fingerprint density at radius 3 is 2.50 bits per heavy atom. The van der Waals surface area contributed by atoms with E-state index in [9.17, 15) is 5.11 Å². The van der Waals surface area contributed by atoms with Crippen molar-refractivity contribution in [3.05, 3.63) is 23.3 Å². The largest absolute Gasteiger partial charge is 0.493 e. The first-order valence-corrected chi connectivity index (χ1v) is 8.70. The molecule has 0 saturated carbocycles. The summed E-state index contributed by atoms with van der Waals surface area (Å²) in [5, 5.41) is 10.6. The van der Waals surface area contributed by atoms with Crippen LogP contribution in [0.2, 0.25) is 0 Å². The van der Waals surface area contributed by atoms with E-state index in [-0.39, 0.29) is 13.5 Å². The zero-order chi connectivity index (χ0) is 16.6. The number of rotatable bonds is 4. The number of benzene rings is 1. The van der Waals surface area contributed by atoms with Crippen molar-refractivity contribution in [2.75, 3.05) is 27.3 Å². The van der Waals surface area contributed by atoms with Crippen LogP contribution in [0.4, 0.5) is 0 Å². The van der Waals surface area contributed by atoms with Crippen LogP contribution in [0.5, 0.6) is 11.5 Å². The molecule has 4 heteroatoms. The van der Waals surface area contributed by atoms with E-state index in [1.807, 2.05) is 0 Å². The molecule has 0 amide bonds. The van der Waals surface area contributed by atoms with Crippen LogP contribution in [-0.2, 0) is 6.42 Å². The van der Waals surface area contributed by atoms with Gasteiger partial charge in [-0.25, -0.2) is 0 Å². The second kappa shape index (κ2) is 7.75. The van der Waals surface area contributed by atoms with Crippen molar-refractivity contribution in [1.82, 2.24) is 4.90 Å². The molecule has 2 heterocycles. The van der Waals surface area contributed by atoms with Gasteiger partial charge in [-0.3, -0.25) is 4.90 Å². The second-order valence-corrected chi connectivity index (χ2v) is 7.36. The summed E-state index contributed by atoms with van der Waals surface area (Å²) in [5.74, 6) is 2.61. The van der Waals surface area contributed by atoms with Crippen molar-refractivity contribution < 1.29 is 14.6 Å². The van der Waals surface area contributed by atoms with Crippen molar-refractivity contribution in [2.24, 2.45) is 11.8 Å². The van der Waals surface area contributed by atoms with Gasteiger partial charge in [0.05, 0.1) is 20.3 Å². The van der Waals surface area contributed by atoms with E-state index in [1.165, 1.54) is 11.1 Å². The fourth-order valence-corrected chi connectivity index (χ4v) is 4.26. The number of piperidine rings is 1. The van der Waals surface area contributed by atoms with Gasteiger partial charge in [-0.1, -0.05) is 21.3 Å². The standard InChI is InChI=1S/C19H29NO3.CH4/c1-12(2)7-14-11-20-6-5-13-8-18(22-3)19(23-4)9-15(13)16(20)10-17(14)21;/h8-9,12,14,16-17,21H,5-7,10-11H2,1-4H3;1H4/t14-,16?,17?;/m0./s1. The number of nitrogens with zero attached hydrogens (tertiary/aromatic N) is 1. The Morgan fingerprint density at radius 2 is 1.88 bits per heavy atom. The van der Waals surface area contributed by atoms with Gasteiger partial charge in [0.2, 0.25) is 0 Å². The van der Waals surface area contributed by atoms with Crippen LogP contribution in [0.15, 0.2) is 12.1 Å². The van der Waals surface area contributed by atoms with Gasteiger partial charge >= 0.3 is 0 Å². The number of hydrogen-bond acceptors (Lipinski definition) is 4. The van der Waals surface area contributed by atoms with Crippen molar-refractivity contribution >= 4 is 0 Å². The predicted octanol–water partition coefficient (Wildman–Crippen LogP) is 3.67. The predicted molar refractivity (Wildman–Crippen MR) is 97.9 cm³/mol. The number of aliphatic hydroxyl groups excluding tert-OH is 1. The molecule has 2 unspecified atom stereocenters. The highest BCUT2D eigenvalue weighted by Gasteiger charge is 2.38. The Labute approximate surface area is 146 Å². The summed E-state index contributed by atoms with van der Waals surface area (Å²) in [6, 6.07) is 4.52. The summed E-state index contributed by atoms with van der Waals surface area (Å²) in [6.45, 7) is 6.54. The molecule has 1 N–H and O–H groups in total. The molecule has 1 saturated heterocycles. The van der Waals surface area contributed by atoms with Crippen LogP contribution in [0.25, 0.3) is 0 Å². The van der Waals surface area contributed by atoms with Crippen molar-refractivity contribution in [1.29, 1.82) is 0 Å². The maximum Gasteiger partial charge on any atom is 0.161 e. The number of ether oxygens (including phenoxy) is 2. The van der Waals surface area contributed by atoms with Crippen LogP contribution in [-0.4, -0.2) is 43.4 Å². The molecule has 2 aliphatic heterocycles. The minimum Gasteiger partial charge on any atom is -0.493 e. The van der Waals surface area contributed by atoms with E-state index < -0.39 is 0 Å². The van der Waals surface area contributed by atoms with E-state index in [0.29, 0.717) is 17.9 Å². The molecule has 3 atom stereocenters. The lowest BCUT2D eigenvalue weighted by Gasteiger charge is -2.46. The minimum atomic E-state index is -0.210. The molecule has 136 valence electrons. The lowest BCUT2D eigenvalue weighted by atomic mass is 9.79. The highest BCUT2D eigenvalue weighted by Crippen LogP contribution is 2.43. The summed E-state index contributed by atoms with van der Waals surface area (Å²) >= 11 is 0. The Morgan fingerprint density at radius 1 is 1.21 bits per heavy atom. The number of methoxy groups -OCH3 is 2. The molecule has 0 radical (unpaired) electrons. The molecule has 0 bridgehead atoms.